The van der Waals surface area contributed by atoms with Crippen LogP contribution in [0.15, 0.2) is 54.9 Å². The number of carbonyl (C=O) groups is 1. The van der Waals surface area contributed by atoms with Crippen LogP contribution in [0.25, 0.3) is 21.9 Å². The smallest absolute Gasteiger partial charge is 0.221 e. The Morgan fingerprint density at radius 2 is 1.81 bits per heavy atom. The van der Waals surface area contributed by atoms with Gasteiger partial charge < -0.3 is 10.6 Å². The van der Waals surface area contributed by atoms with Gasteiger partial charge in [-0.3, -0.25) is 9.78 Å². The van der Waals surface area contributed by atoms with Gasteiger partial charge in [-0.15, -0.1) is 0 Å². The maximum Gasteiger partial charge on any atom is 0.221 e. The zero-order valence-corrected chi connectivity index (χ0v) is 19.2. The van der Waals surface area contributed by atoms with Crippen LogP contribution in [0.2, 0.25) is 0 Å². The van der Waals surface area contributed by atoms with Crippen molar-refractivity contribution in [2.24, 2.45) is 0 Å². The predicted octanol–water partition coefficient (Wildman–Crippen LogP) is 4.09. The second-order valence-corrected chi connectivity index (χ2v) is 10.4. The van der Waals surface area contributed by atoms with E-state index < -0.39 is 10.0 Å². The average molecular weight is 453 g/mol. The number of nitrogens with one attached hydrogen (secondary N) is 2. The fourth-order valence-corrected chi connectivity index (χ4v) is 5.25. The number of amides is 1. The number of pyridine rings is 1. The fourth-order valence-electron chi connectivity index (χ4n) is 4.11. The van der Waals surface area contributed by atoms with Crippen molar-refractivity contribution < 1.29 is 13.2 Å². The number of rotatable bonds is 6. The molecule has 8 heteroatoms. The van der Waals surface area contributed by atoms with Crippen LogP contribution in [0.1, 0.15) is 26.7 Å². The van der Waals surface area contributed by atoms with Crippen molar-refractivity contribution in [3.8, 4) is 11.1 Å². The fraction of sp³-hybridized carbons (Fsp3) is 0.333. The van der Waals surface area contributed by atoms with Crippen molar-refractivity contribution in [2.45, 2.75) is 32.7 Å². The highest BCUT2D eigenvalue weighted by Gasteiger charge is 2.26. The van der Waals surface area contributed by atoms with Crippen LogP contribution in [0.4, 0.5) is 11.4 Å². The van der Waals surface area contributed by atoms with Crippen molar-refractivity contribution in [2.75, 3.05) is 29.5 Å². The predicted molar refractivity (Wildman–Crippen MR) is 129 cm³/mol. The van der Waals surface area contributed by atoms with Gasteiger partial charge >= 0.3 is 0 Å². The summed E-state index contributed by atoms with van der Waals surface area (Å²) in [4.78, 5) is 15.6. The second kappa shape index (κ2) is 9.26. The summed E-state index contributed by atoms with van der Waals surface area (Å²) < 4.78 is 25.9. The highest BCUT2D eigenvalue weighted by Crippen LogP contribution is 2.32. The molecule has 0 bridgehead atoms. The van der Waals surface area contributed by atoms with Crippen LogP contribution < -0.4 is 10.6 Å². The number of hydrogen-bond donors (Lipinski definition) is 2. The molecule has 0 spiro atoms. The number of fused-ring (bicyclic) bond motifs is 1. The Kier molecular flexibility index (Phi) is 6.43. The molecule has 0 radical (unpaired) electrons. The van der Waals surface area contributed by atoms with E-state index in [1.165, 1.54) is 6.92 Å². The first-order chi connectivity index (χ1) is 15.4. The van der Waals surface area contributed by atoms with Crippen LogP contribution in [-0.2, 0) is 14.8 Å². The molecule has 2 aromatic carbocycles. The first-order valence-electron chi connectivity index (χ1n) is 10.9. The van der Waals surface area contributed by atoms with E-state index in [1.54, 1.807) is 17.4 Å². The summed E-state index contributed by atoms with van der Waals surface area (Å²) in [5.41, 5.74) is 3.86. The average Bonchev–Trinajstić information content (AvgIpc) is 2.79. The summed E-state index contributed by atoms with van der Waals surface area (Å²) in [5, 5.41) is 8.55. The second-order valence-electron chi connectivity index (χ2n) is 8.10. The van der Waals surface area contributed by atoms with Gasteiger partial charge in [0.15, 0.2) is 0 Å². The van der Waals surface area contributed by atoms with E-state index in [0.717, 1.165) is 46.1 Å². The molecule has 2 N–H and O–H groups in total. The van der Waals surface area contributed by atoms with Crippen molar-refractivity contribution in [1.29, 1.82) is 0 Å². The van der Waals surface area contributed by atoms with E-state index in [2.05, 4.69) is 27.8 Å². The van der Waals surface area contributed by atoms with E-state index in [0.29, 0.717) is 13.1 Å². The van der Waals surface area contributed by atoms with E-state index >= 15 is 0 Å². The van der Waals surface area contributed by atoms with Gasteiger partial charge in [0.05, 0.1) is 5.75 Å². The summed E-state index contributed by atoms with van der Waals surface area (Å²) in [7, 11) is -3.14. The Labute approximate surface area is 188 Å². The van der Waals surface area contributed by atoms with E-state index in [4.69, 9.17) is 0 Å². The third-order valence-corrected chi connectivity index (χ3v) is 7.75. The number of hydrogen-bond acceptors (Lipinski definition) is 5. The third kappa shape index (κ3) is 4.92. The molecule has 1 saturated heterocycles. The lowest BCUT2D eigenvalue weighted by atomic mass is 9.99. The quantitative estimate of drug-likeness (QED) is 0.588. The molecule has 0 atom stereocenters. The molecule has 168 valence electrons. The van der Waals surface area contributed by atoms with Gasteiger partial charge in [0.1, 0.15) is 0 Å². The number of carbonyl (C=O) groups excluding carboxylic acids is 1. The molecule has 3 aromatic rings. The highest BCUT2D eigenvalue weighted by molar-refractivity contribution is 7.89. The first kappa shape index (κ1) is 22.2. The van der Waals surface area contributed by atoms with Gasteiger partial charge in [0.25, 0.3) is 0 Å². The largest absolute Gasteiger partial charge is 0.382 e. The lowest BCUT2D eigenvalue weighted by molar-refractivity contribution is -0.114. The normalized spacial score (nSPS) is 15.6. The van der Waals surface area contributed by atoms with E-state index in [9.17, 15) is 13.2 Å². The van der Waals surface area contributed by atoms with Crippen molar-refractivity contribution in [1.82, 2.24) is 9.29 Å². The maximum atomic E-state index is 12.2. The molecule has 1 fully saturated rings. The van der Waals surface area contributed by atoms with Crippen LogP contribution >= 0.6 is 0 Å². The molecule has 1 aliphatic heterocycles. The van der Waals surface area contributed by atoms with Crippen molar-refractivity contribution >= 4 is 38.1 Å². The van der Waals surface area contributed by atoms with E-state index in [-0.39, 0.29) is 17.7 Å². The minimum absolute atomic E-state index is 0.0970. The summed E-state index contributed by atoms with van der Waals surface area (Å²) in [6.07, 6.45) is 5.16. The number of anilines is 2. The van der Waals surface area contributed by atoms with Gasteiger partial charge in [-0.1, -0.05) is 12.1 Å². The Bertz CT molecular complexity index is 1220. The van der Waals surface area contributed by atoms with Crippen LogP contribution in [-0.4, -0.2) is 48.5 Å². The minimum Gasteiger partial charge on any atom is -0.382 e. The highest BCUT2D eigenvalue weighted by atomic mass is 32.2. The zero-order valence-electron chi connectivity index (χ0n) is 18.3. The summed E-state index contributed by atoms with van der Waals surface area (Å²) in [6.45, 7) is 4.25. The van der Waals surface area contributed by atoms with Crippen LogP contribution in [0, 0.1) is 0 Å². The topological polar surface area (TPSA) is 91.4 Å². The molecule has 4 rings (SSSR count). The zero-order chi connectivity index (χ0) is 22.7. The Balaban J connectivity index is 1.59. The summed E-state index contributed by atoms with van der Waals surface area (Å²) in [6, 6.07) is 14.2. The summed E-state index contributed by atoms with van der Waals surface area (Å²) in [5.74, 6) is 0.0460. The number of benzene rings is 2. The first-order valence-corrected chi connectivity index (χ1v) is 12.5. The Morgan fingerprint density at radius 3 is 2.47 bits per heavy atom. The summed E-state index contributed by atoms with van der Waals surface area (Å²) >= 11 is 0. The Hall–Kier alpha value is -2.97. The molecule has 0 unspecified atom stereocenters. The van der Waals surface area contributed by atoms with Crippen LogP contribution in [0.3, 0.4) is 0 Å². The van der Waals surface area contributed by atoms with Gasteiger partial charge in [0, 0.05) is 55.2 Å². The Morgan fingerprint density at radius 1 is 1.09 bits per heavy atom. The van der Waals surface area contributed by atoms with E-state index in [1.807, 2.05) is 36.5 Å². The van der Waals surface area contributed by atoms with Gasteiger partial charge in [-0.05, 0) is 66.6 Å². The molecule has 0 aliphatic carbocycles. The lowest BCUT2D eigenvalue weighted by Gasteiger charge is -2.32. The molecule has 0 saturated carbocycles. The van der Waals surface area contributed by atoms with Gasteiger partial charge in [0.2, 0.25) is 15.9 Å². The molecule has 1 amide bonds. The van der Waals surface area contributed by atoms with Crippen LogP contribution in [0.5, 0.6) is 0 Å². The molecule has 2 heterocycles. The molecule has 7 nitrogen and oxygen atoms in total. The minimum atomic E-state index is -3.14. The number of nitrogens with zero attached hydrogens (tertiary/aromatic N) is 2. The number of aromatic nitrogens is 1. The van der Waals surface area contributed by atoms with Crippen molar-refractivity contribution in [3.05, 3.63) is 54.9 Å². The SMILES string of the molecule is CCS(=O)(=O)N1CCC(Nc2cc(-c3ccc(NC(C)=O)cc3)cc3ccncc23)CC1. The standard InChI is InChI=1S/C24H28N4O3S/c1-3-32(30,31)28-12-9-22(10-13-28)27-24-15-20(14-19-8-11-25-16-23(19)24)18-4-6-21(7-5-18)26-17(2)29/h4-8,11,14-16,22,27H,3,9-10,12-13H2,1-2H3,(H,26,29). The third-order valence-electron chi connectivity index (χ3n) is 5.87. The molecular weight excluding hydrogens is 424 g/mol. The molecule has 32 heavy (non-hydrogen) atoms. The van der Waals surface area contributed by atoms with Crippen molar-refractivity contribution in [3.63, 3.8) is 0 Å². The molecular formula is C24H28N4O3S. The van der Waals surface area contributed by atoms with Gasteiger partial charge in [-0.2, -0.15) is 0 Å². The maximum absolute atomic E-state index is 12.2. The monoisotopic (exact) mass is 452 g/mol. The van der Waals surface area contributed by atoms with Gasteiger partial charge in [-0.25, -0.2) is 12.7 Å². The molecule has 1 aliphatic rings. The molecule has 1 aromatic heterocycles. The lowest BCUT2D eigenvalue weighted by Crippen LogP contribution is -2.42. The number of piperidine rings is 1. The number of sulfonamides is 1.